The van der Waals surface area contributed by atoms with Gasteiger partial charge in [-0.05, 0) is 24.3 Å². The van der Waals surface area contributed by atoms with Crippen LogP contribution in [0.25, 0.3) is 0 Å². The molecule has 1 aromatic carbocycles. The fourth-order valence-electron chi connectivity index (χ4n) is 2.08. The standard InChI is InChI=1S/C13H17BrN2O2/c14-5-6-15-7-9-16(10-8-15)13(18)11-1-3-12(17)4-2-11/h1-4,17H,5-10H2. The van der Waals surface area contributed by atoms with Crippen LogP contribution in [0.3, 0.4) is 0 Å². The molecule has 1 aliphatic rings. The first-order chi connectivity index (χ1) is 8.70. The number of nitrogens with zero attached hydrogens (tertiary/aromatic N) is 2. The van der Waals surface area contributed by atoms with Crippen molar-refractivity contribution in [3.63, 3.8) is 0 Å². The van der Waals surface area contributed by atoms with Gasteiger partial charge in [-0.25, -0.2) is 0 Å². The van der Waals surface area contributed by atoms with E-state index >= 15 is 0 Å². The van der Waals surface area contributed by atoms with E-state index in [-0.39, 0.29) is 11.7 Å². The van der Waals surface area contributed by atoms with Crippen LogP contribution in [0.4, 0.5) is 0 Å². The second-order valence-electron chi connectivity index (χ2n) is 4.37. The van der Waals surface area contributed by atoms with Gasteiger partial charge in [-0.3, -0.25) is 9.69 Å². The Bertz CT molecular complexity index is 400. The van der Waals surface area contributed by atoms with E-state index in [2.05, 4.69) is 20.8 Å². The zero-order chi connectivity index (χ0) is 13.0. The third kappa shape index (κ3) is 3.23. The molecule has 1 aliphatic heterocycles. The number of halogens is 1. The molecule has 1 heterocycles. The fraction of sp³-hybridized carbons (Fsp3) is 0.462. The summed E-state index contributed by atoms with van der Waals surface area (Å²) in [5, 5.41) is 10.2. The molecule has 0 bridgehead atoms. The summed E-state index contributed by atoms with van der Waals surface area (Å²) in [6.45, 7) is 4.42. The Kier molecular flexibility index (Phi) is 4.60. The highest BCUT2D eigenvalue weighted by Gasteiger charge is 2.21. The summed E-state index contributed by atoms with van der Waals surface area (Å²) in [6.07, 6.45) is 0. The van der Waals surface area contributed by atoms with Crippen LogP contribution in [0.15, 0.2) is 24.3 Å². The molecule has 1 aromatic rings. The average Bonchev–Trinajstić information content (AvgIpc) is 2.40. The van der Waals surface area contributed by atoms with Crippen molar-refractivity contribution in [2.75, 3.05) is 38.1 Å². The molecule has 1 fully saturated rings. The molecule has 1 amide bonds. The van der Waals surface area contributed by atoms with Gasteiger partial charge in [0.15, 0.2) is 0 Å². The second kappa shape index (κ2) is 6.20. The first kappa shape index (κ1) is 13.4. The lowest BCUT2D eigenvalue weighted by Gasteiger charge is -2.34. The molecule has 0 radical (unpaired) electrons. The van der Waals surface area contributed by atoms with Crippen molar-refractivity contribution < 1.29 is 9.90 Å². The van der Waals surface area contributed by atoms with Crippen molar-refractivity contribution in [3.8, 4) is 5.75 Å². The first-order valence-corrected chi connectivity index (χ1v) is 7.19. The Morgan fingerprint density at radius 1 is 1.17 bits per heavy atom. The lowest BCUT2D eigenvalue weighted by atomic mass is 10.1. The van der Waals surface area contributed by atoms with Gasteiger partial charge in [-0.1, -0.05) is 15.9 Å². The fourth-order valence-corrected chi connectivity index (χ4v) is 2.58. The maximum Gasteiger partial charge on any atom is 0.253 e. The number of phenols is 1. The normalized spacial score (nSPS) is 16.8. The molecule has 1 saturated heterocycles. The van der Waals surface area contributed by atoms with E-state index in [1.807, 2.05) is 4.90 Å². The summed E-state index contributed by atoms with van der Waals surface area (Å²) in [4.78, 5) is 16.4. The summed E-state index contributed by atoms with van der Waals surface area (Å²) in [5.74, 6) is 0.238. The molecule has 0 spiro atoms. The van der Waals surface area contributed by atoms with E-state index in [0.717, 1.165) is 38.1 Å². The van der Waals surface area contributed by atoms with E-state index in [9.17, 15) is 9.90 Å². The highest BCUT2D eigenvalue weighted by atomic mass is 79.9. The minimum Gasteiger partial charge on any atom is -0.508 e. The Balaban J connectivity index is 1.93. The van der Waals surface area contributed by atoms with Gasteiger partial charge in [-0.2, -0.15) is 0 Å². The summed E-state index contributed by atoms with van der Waals surface area (Å²) in [6, 6.07) is 6.44. The van der Waals surface area contributed by atoms with Crippen molar-refractivity contribution in [2.24, 2.45) is 0 Å². The molecule has 98 valence electrons. The van der Waals surface area contributed by atoms with E-state index in [0.29, 0.717) is 5.56 Å². The molecule has 0 saturated carbocycles. The maximum atomic E-state index is 12.2. The van der Waals surface area contributed by atoms with Crippen LogP contribution in [-0.4, -0.2) is 58.9 Å². The summed E-state index contributed by atoms with van der Waals surface area (Å²) < 4.78 is 0. The Labute approximate surface area is 115 Å². The monoisotopic (exact) mass is 312 g/mol. The van der Waals surface area contributed by atoms with Crippen molar-refractivity contribution in [1.82, 2.24) is 9.80 Å². The number of phenolic OH excluding ortho intramolecular Hbond substituents is 1. The molecule has 2 rings (SSSR count). The highest BCUT2D eigenvalue weighted by Crippen LogP contribution is 2.13. The van der Waals surface area contributed by atoms with Crippen LogP contribution in [-0.2, 0) is 0 Å². The predicted octanol–water partition coefficient (Wildman–Crippen LogP) is 1.54. The lowest BCUT2D eigenvalue weighted by Crippen LogP contribution is -2.49. The number of alkyl halides is 1. The van der Waals surface area contributed by atoms with Gasteiger partial charge in [0.05, 0.1) is 0 Å². The van der Waals surface area contributed by atoms with Crippen LogP contribution in [0, 0.1) is 0 Å². The first-order valence-electron chi connectivity index (χ1n) is 6.07. The molecule has 5 heteroatoms. The Hall–Kier alpha value is -1.07. The van der Waals surface area contributed by atoms with Crippen molar-refractivity contribution in [2.45, 2.75) is 0 Å². The SMILES string of the molecule is O=C(c1ccc(O)cc1)N1CCN(CCBr)CC1. The second-order valence-corrected chi connectivity index (χ2v) is 5.16. The van der Waals surface area contributed by atoms with Gasteiger partial charge in [0, 0.05) is 43.6 Å². The third-order valence-electron chi connectivity index (χ3n) is 3.17. The van der Waals surface area contributed by atoms with Gasteiger partial charge < -0.3 is 10.0 Å². The number of carbonyl (C=O) groups is 1. The number of rotatable bonds is 3. The minimum atomic E-state index is 0.0495. The topological polar surface area (TPSA) is 43.8 Å². The Morgan fingerprint density at radius 2 is 1.78 bits per heavy atom. The number of amides is 1. The zero-order valence-electron chi connectivity index (χ0n) is 10.2. The summed E-state index contributed by atoms with van der Waals surface area (Å²) >= 11 is 3.43. The van der Waals surface area contributed by atoms with E-state index in [4.69, 9.17) is 0 Å². The molecule has 0 aliphatic carbocycles. The van der Waals surface area contributed by atoms with Gasteiger partial charge in [0.1, 0.15) is 5.75 Å². The van der Waals surface area contributed by atoms with E-state index in [1.54, 1.807) is 24.3 Å². The molecular weight excluding hydrogens is 296 g/mol. The molecule has 1 N–H and O–H groups in total. The van der Waals surface area contributed by atoms with E-state index in [1.165, 1.54) is 0 Å². The quantitative estimate of drug-likeness (QED) is 0.861. The lowest BCUT2D eigenvalue weighted by molar-refractivity contribution is 0.0645. The van der Waals surface area contributed by atoms with Crippen LogP contribution in [0.2, 0.25) is 0 Å². The third-order valence-corrected chi connectivity index (χ3v) is 3.53. The maximum absolute atomic E-state index is 12.2. The predicted molar refractivity (Wildman–Crippen MR) is 74.2 cm³/mol. The largest absolute Gasteiger partial charge is 0.508 e. The number of piperazine rings is 1. The van der Waals surface area contributed by atoms with Crippen LogP contribution in [0.5, 0.6) is 5.75 Å². The van der Waals surface area contributed by atoms with E-state index < -0.39 is 0 Å². The van der Waals surface area contributed by atoms with Gasteiger partial charge in [0.25, 0.3) is 5.91 Å². The number of aromatic hydroxyl groups is 1. The summed E-state index contributed by atoms with van der Waals surface area (Å²) in [5.41, 5.74) is 0.641. The summed E-state index contributed by atoms with van der Waals surface area (Å²) in [7, 11) is 0. The number of hydrogen-bond donors (Lipinski definition) is 1. The van der Waals surface area contributed by atoms with Gasteiger partial charge >= 0.3 is 0 Å². The number of benzene rings is 1. The van der Waals surface area contributed by atoms with Crippen molar-refractivity contribution >= 4 is 21.8 Å². The molecular formula is C13H17BrN2O2. The smallest absolute Gasteiger partial charge is 0.253 e. The number of hydrogen-bond acceptors (Lipinski definition) is 3. The molecule has 0 aromatic heterocycles. The highest BCUT2D eigenvalue weighted by molar-refractivity contribution is 9.09. The average molecular weight is 313 g/mol. The van der Waals surface area contributed by atoms with Crippen LogP contribution < -0.4 is 0 Å². The minimum absolute atomic E-state index is 0.0495. The zero-order valence-corrected chi connectivity index (χ0v) is 11.8. The van der Waals surface area contributed by atoms with Gasteiger partial charge in [-0.15, -0.1) is 0 Å². The molecule has 4 nitrogen and oxygen atoms in total. The number of carbonyl (C=O) groups excluding carboxylic acids is 1. The van der Waals surface area contributed by atoms with Crippen molar-refractivity contribution in [1.29, 1.82) is 0 Å². The molecule has 0 unspecified atom stereocenters. The van der Waals surface area contributed by atoms with Crippen LogP contribution in [0.1, 0.15) is 10.4 Å². The molecule has 18 heavy (non-hydrogen) atoms. The van der Waals surface area contributed by atoms with Gasteiger partial charge in [0.2, 0.25) is 0 Å². The van der Waals surface area contributed by atoms with Crippen molar-refractivity contribution in [3.05, 3.63) is 29.8 Å². The van der Waals surface area contributed by atoms with Crippen LogP contribution >= 0.6 is 15.9 Å². The Morgan fingerprint density at radius 3 is 2.33 bits per heavy atom. The molecule has 0 atom stereocenters.